The second-order valence-corrected chi connectivity index (χ2v) is 6.84. The fourth-order valence-electron chi connectivity index (χ4n) is 3.00. The lowest BCUT2D eigenvalue weighted by molar-refractivity contribution is 0.467. The molecule has 6 nitrogen and oxygen atoms in total. The topological polar surface area (TPSA) is 58.3 Å². The van der Waals surface area contributed by atoms with Gasteiger partial charge in [0.1, 0.15) is 5.82 Å². The summed E-state index contributed by atoms with van der Waals surface area (Å²) in [6.45, 7) is 2.43. The summed E-state index contributed by atoms with van der Waals surface area (Å²) in [5, 5.41) is 12.0. The monoisotopic (exact) mass is 518 g/mol. The van der Waals surface area contributed by atoms with Crippen LogP contribution in [0.2, 0.25) is 0 Å². The number of aryl methyl sites for hydroxylation is 1. The van der Waals surface area contributed by atoms with Crippen LogP contribution in [0.4, 0.5) is 0 Å². The van der Waals surface area contributed by atoms with E-state index in [-0.39, 0.29) is 24.0 Å². The van der Waals surface area contributed by atoms with Gasteiger partial charge in [0, 0.05) is 38.1 Å². The lowest BCUT2D eigenvalue weighted by atomic mass is 10.2. The number of rotatable bonds is 4. The summed E-state index contributed by atoms with van der Waals surface area (Å²) in [6, 6.07) is 8.24. The van der Waals surface area contributed by atoms with Crippen molar-refractivity contribution in [2.24, 2.45) is 4.99 Å². The smallest absolute Gasteiger partial charge is 0.194 e. The molecule has 0 aliphatic carbocycles. The average Bonchev–Trinajstić information content (AvgIpc) is 3.01. The molecule has 1 N–H and O–H groups in total. The predicted octanol–water partition coefficient (Wildman–Crippen LogP) is 3.20. The molecule has 1 aromatic heterocycles. The third-order valence-electron chi connectivity index (χ3n) is 4.28. The van der Waals surface area contributed by atoms with Gasteiger partial charge >= 0.3 is 0 Å². The molecule has 1 aliphatic heterocycles. The number of benzene rings is 1. The number of guanidine groups is 1. The molecule has 136 valence electrons. The summed E-state index contributed by atoms with van der Waals surface area (Å²) < 4.78 is 3.34. The molecule has 8 heteroatoms. The quantitative estimate of drug-likeness (QED) is 0.383. The maximum absolute atomic E-state index is 4.38. The van der Waals surface area contributed by atoms with Crippen LogP contribution in [0, 0.1) is 0 Å². The Bertz CT molecular complexity index is 730. The van der Waals surface area contributed by atoms with Gasteiger partial charge < -0.3 is 14.8 Å². The SMILES string of the molecule is CN=C(NCc1nnc2n1CCCC2)N(C)Cc1ccccc1Br.I. The number of fused-ring (bicyclic) bond motifs is 1. The Hall–Kier alpha value is -1.16. The lowest BCUT2D eigenvalue weighted by Gasteiger charge is -2.23. The van der Waals surface area contributed by atoms with Crippen LogP contribution in [0.5, 0.6) is 0 Å². The van der Waals surface area contributed by atoms with Gasteiger partial charge in [0.25, 0.3) is 0 Å². The van der Waals surface area contributed by atoms with E-state index < -0.39 is 0 Å². The molecule has 0 bridgehead atoms. The van der Waals surface area contributed by atoms with Crippen molar-refractivity contribution >= 4 is 45.9 Å². The largest absolute Gasteiger partial charge is 0.349 e. The van der Waals surface area contributed by atoms with Crippen LogP contribution in [-0.2, 0) is 26.1 Å². The Balaban J connectivity index is 0.00000225. The first-order valence-corrected chi connectivity index (χ1v) is 9.04. The molecular weight excluding hydrogens is 495 g/mol. The molecule has 0 amide bonds. The third-order valence-corrected chi connectivity index (χ3v) is 5.05. The first kappa shape index (κ1) is 20.2. The fourth-order valence-corrected chi connectivity index (χ4v) is 3.41. The molecule has 2 aromatic rings. The highest BCUT2D eigenvalue weighted by molar-refractivity contribution is 14.0. The van der Waals surface area contributed by atoms with Gasteiger partial charge in [0.15, 0.2) is 11.8 Å². The van der Waals surface area contributed by atoms with Gasteiger partial charge in [-0.1, -0.05) is 34.1 Å². The van der Waals surface area contributed by atoms with E-state index in [9.17, 15) is 0 Å². The van der Waals surface area contributed by atoms with Crippen molar-refractivity contribution in [3.05, 3.63) is 46.0 Å². The van der Waals surface area contributed by atoms with Gasteiger partial charge in [0.2, 0.25) is 0 Å². The zero-order chi connectivity index (χ0) is 16.9. The van der Waals surface area contributed by atoms with E-state index in [1.54, 1.807) is 7.05 Å². The van der Waals surface area contributed by atoms with E-state index in [4.69, 9.17) is 0 Å². The number of nitrogens with one attached hydrogen (secondary N) is 1. The van der Waals surface area contributed by atoms with Gasteiger partial charge in [0.05, 0.1) is 6.54 Å². The second-order valence-electron chi connectivity index (χ2n) is 5.99. The summed E-state index contributed by atoms with van der Waals surface area (Å²) in [5.74, 6) is 2.94. The summed E-state index contributed by atoms with van der Waals surface area (Å²) in [6.07, 6.45) is 3.44. The number of hydrogen-bond acceptors (Lipinski definition) is 3. The number of halogens is 2. The normalized spacial score (nSPS) is 13.8. The standard InChI is InChI=1S/C17H23BrN6.HI/c1-19-17(23(2)12-13-7-3-4-8-14(13)18)20-11-16-22-21-15-9-5-6-10-24(15)16;/h3-4,7-8H,5-6,9-12H2,1-2H3,(H,19,20);1H. The van der Waals surface area contributed by atoms with Crippen molar-refractivity contribution in [3.8, 4) is 0 Å². The van der Waals surface area contributed by atoms with Gasteiger partial charge in [-0.05, 0) is 24.5 Å². The molecule has 0 unspecified atom stereocenters. The van der Waals surface area contributed by atoms with Crippen molar-refractivity contribution in [3.63, 3.8) is 0 Å². The summed E-state index contributed by atoms with van der Waals surface area (Å²) in [5.41, 5.74) is 1.22. The van der Waals surface area contributed by atoms with Crippen LogP contribution < -0.4 is 5.32 Å². The van der Waals surface area contributed by atoms with E-state index in [0.29, 0.717) is 6.54 Å². The molecule has 25 heavy (non-hydrogen) atoms. The molecule has 1 aromatic carbocycles. The van der Waals surface area contributed by atoms with Gasteiger partial charge in [-0.2, -0.15) is 0 Å². The Morgan fingerprint density at radius 2 is 2.12 bits per heavy atom. The minimum absolute atomic E-state index is 0. The first-order chi connectivity index (χ1) is 11.7. The highest BCUT2D eigenvalue weighted by atomic mass is 127. The molecule has 0 atom stereocenters. The van der Waals surface area contributed by atoms with Crippen molar-refractivity contribution in [1.82, 2.24) is 25.0 Å². The van der Waals surface area contributed by atoms with Gasteiger partial charge in [-0.25, -0.2) is 0 Å². The van der Waals surface area contributed by atoms with E-state index in [1.165, 1.54) is 18.4 Å². The average molecular weight is 519 g/mol. The zero-order valence-electron chi connectivity index (χ0n) is 14.6. The van der Waals surface area contributed by atoms with Crippen LogP contribution in [0.1, 0.15) is 30.1 Å². The Kier molecular flexibility index (Phi) is 7.67. The maximum Gasteiger partial charge on any atom is 0.194 e. The maximum atomic E-state index is 4.38. The molecule has 1 aliphatic rings. The Labute approximate surface area is 174 Å². The predicted molar refractivity (Wildman–Crippen MR) is 114 cm³/mol. The molecule has 2 heterocycles. The summed E-state index contributed by atoms with van der Waals surface area (Å²) >= 11 is 3.60. The molecular formula is C17H24BrIN6. The first-order valence-electron chi connectivity index (χ1n) is 8.25. The van der Waals surface area contributed by atoms with E-state index >= 15 is 0 Å². The van der Waals surface area contributed by atoms with Gasteiger partial charge in [-0.15, -0.1) is 34.2 Å². The highest BCUT2D eigenvalue weighted by Crippen LogP contribution is 2.17. The van der Waals surface area contributed by atoms with Crippen LogP contribution in [-0.4, -0.2) is 39.7 Å². The minimum atomic E-state index is 0. The number of hydrogen-bond donors (Lipinski definition) is 1. The van der Waals surface area contributed by atoms with Crippen molar-refractivity contribution < 1.29 is 0 Å². The van der Waals surface area contributed by atoms with Crippen molar-refractivity contribution in [2.75, 3.05) is 14.1 Å². The van der Waals surface area contributed by atoms with Crippen molar-refractivity contribution in [1.29, 1.82) is 0 Å². The minimum Gasteiger partial charge on any atom is -0.349 e. The van der Waals surface area contributed by atoms with E-state index in [2.05, 4.69) is 58.0 Å². The van der Waals surface area contributed by atoms with E-state index in [0.717, 1.165) is 41.6 Å². The molecule has 0 spiro atoms. The van der Waals surface area contributed by atoms with Crippen molar-refractivity contribution in [2.45, 2.75) is 38.9 Å². The third kappa shape index (κ3) is 4.93. The molecule has 0 saturated heterocycles. The molecule has 0 saturated carbocycles. The van der Waals surface area contributed by atoms with Gasteiger partial charge in [-0.3, -0.25) is 4.99 Å². The van der Waals surface area contributed by atoms with Crippen LogP contribution >= 0.6 is 39.9 Å². The number of nitrogens with zero attached hydrogens (tertiary/aromatic N) is 5. The Morgan fingerprint density at radius 3 is 2.88 bits per heavy atom. The van der Waals surface area contributed by atoms with E-state index in [1.807, 2.05) is 19.2 Å². The Morgan fingerprint density at radius 1 is 1.32 bits per heavy atom. The fraction of sp³-hybridized carbons (Fsp3) is 0.471. The van der Waals surface area contributed by atoms with Crippen LogP contribution in [0.15, 0.2) is 33.7 Å². The zero-order valence-corrected chi connectivity index (χ0v) is 18.5. The second kappa shape index (κ2) is 9.51. The summed E-state index contributed by atoms with van der Waals surface area (Å²) in [7, 11) is 3.84. The van der Waals surface area contributed by atoms with Crippen LogP contribution in [0.3, 0.4) is 0 Å². The number of aromatic nitrogens is 3. The van der Waals surface area contributed by atoms with Crippen LogP contribution in [0.25, 0.3) is 0 Å². The molecule has 3 rings (SSSR count). The molecule has 0 fully saturated rings. The highest BCUT2D eigenvalue weighted by Gasteiger charge is 2.16. The molecule has 0 radical (unpaired) electrons. The lowest BCUT2D eigenvalue weighted by Crippen LogP contribution is -2.38. The summed E-state index contributed by atoms with van der Waals surface area (Å²) in [4.78, 5) is 6.49. The number of aliphatic imine (C=N–C) groups is 1.